The first kappa shape index (κ1) is 25.3. The second-order valence-corrected chi connectivity index (χ2v) is 9.40. The number of hydrazone groups is 1. The van der Waals surface area contributed by atoms with Crippen molar-refractivity contribution in [2.24, 2.45) is 5.10 Å². The van der Waals surface area contributed by atoms with E-state index < -0.39 is 0 Å². The van der Waals surface area contributed by atoms with Crippen LogP contribution in [-0.2, 0) is 6.61 Å². The van der Waals surface area contributed by atoms with Crippen molar-refractivity contribution in [1.82, 2.24) is 5.43 Å². The number of amides is 1. The van der Waals surface area contributed by atoms with E-state index in [9.17, 15) is 4.79 Å². The first-order valence-electron chi connectivity index (χ1n) is 9.91. The van der Waals surface area contributed by atoms with Crippen molar-refractivity contribution in [2.45, 2.75) is 13.5 Å². The Bertz CT molecular complexity index is 1150. The lowest BCUT2D eigenvalue weighted by atomic mass is 10.2. The van der Waals surface area contributed by atoms with Gasteiger partial charge in [-0.3, -0.25) is 4.79 Å². The maximum Gasteiger partial charge on any atom is 0.271 e. The minimum Gasteiger partial charge on any atom is -0.493 e. The number of ether oxygens (including phenoxy) is 3. The summed E-state index contributed by atoms with van der Waals surface area (Å²) in [6, 6.07) is 16.6. The molecule has 0 unspecified atom stereocenters. The van der Waals surface area contributed by atoms with Crippen molar-refractivity contribution in [3.8, 4) is 17.2 Å². The molecule has 0 aliphatic rings. The maximum atomic E-state index is 12.6. The summed E-state index contributed by atoms with van der Waals surface area (Å²) < 4.78 is 19.4. The molecule has 33 heavy (non-hydrogen) atoms. The molecular weight excluding hydrogens is 620 g/mol. The molecule has 9 heteroatoms. The van der Waals surface area contributed by atoms with Crippen LogP contribution in [0.1, 0.15) is 28.4 Å². The molecule has 3 rings (SSSR count). The van der Waals surface area contributed by atoms with E-state index in [0.29, 0.717) is 41.6 Å². The lowest BCUT2D eigenvalue weighted by Crippen LogP contribution is -2.17. The summed E-state index contributed by atoms with van der Waals surface area (Å²) in [5.74, 6) is 1.29. The summed E-state index contributed by atoms with van der Waals surface area (Å²) in [4.78, 5) is 12.6. The highest BCUT2D eigenvalue weighted by Crippen LogP contribution is 2.33. The highest BCUT2D eigenvalue weighted by atomic mass is 79.9. The predicted octanol–water partition coefficient (Wildman–Crippen LogP) is 6.72. The van der Waals surface area contributed by atoms with Crippen LogP contribution in [0.4, 0.5) is 0 Å². The minimum atomic E-state index is -0.374. The van der Waals surface area contributed by atoms with E-state index in [2.05, 4.69) is 58.3 Å². The van der Waals surface area contributed by atoms with Crippen molar-refractivity contribution in [3.63, 3.8) is 0 Å². The van der Waals surface area contributed by atoms with Crippen LogP contribution in [0, 0.1) is 0 Å². The Balaban J connectivity index is 1.74. The number of nitrogens with zero attached hydrogens (tertiary/aromatic N) is 1. The molecule has 3 aromatic rings. The van der Waals surface area contributed by atoms with E-state index in [1.807, 2.05) is 43.3 Å². The molecule has 3 aromatic carbocycles. The van der Waals surface area contributed by atoms with E-state index in [1.54, 1.807) is 25.3 Å². The van der Waals surface area contributed by atoms with Gasteiger partial charge in [0.15, 0.2) is 11.5 Å². The average Bonchev–Trinajstić information content (AvgIpc) is 2.79. The number of methoxy groups -OCH3 is 1. The Morgan fingerprint density at radius 3 is 2.42 bits per heavy atom. The van der Waals surface area contributed by atoms with Crippen LogP contribution in [0.3, 0.4) is 0 Å². The van der Waals surface area contributed by atoms with Crippen molar-refractivity contribution >= 4 is 59.9 Å². The van der Waals surface area contributed by atoms with Crippen LogP contribution in [0.25, 0.3) is 0 Å². The SMILES string of the molecule is CCOc1cc(C(=O)N/N=C/c2cc(Br)cc(Br)c2OCc2ccc(Br)cc2)ccc1OC. The van der Waals surface area contributed by atoms with Gasteiger partial charge in [0.2, 0.25) is 0 Å². The number of nitrogens with one attached hydrogen (secondary N) is 1. The van der Waals surface area contributed by atoms with Crippen LogP contribution in [0.2, 0.25) is 0 Å². The second-order valence-electron chi connectivity index (χ2n) is 6.72. The van der Waals surface area contributed by atoms with Gasteiger partial charge in [-0.05, 0) is 70.9 Å². The summed E-state index contributed by atoms with van der Waals surface area (Å²) in [6.07, 6.45) is 1.54. The number of benzene rings is 3. The highest BCUT2D eigenvalue weighted by molar-refractivity contribution is 9.11. The Hall–Kier alpha value is -2.36. The van der Waals surface area contributed by atoms with Gasteiger partial charge in [-0.25, -0.2) is 5.43 Å². The third-order valence-electron chi connectivity index (χ3n) is 4.43. The molecule has 0 radical (unpaired) electrons. The largest absolute Gasteiger partial charge is 0.493 e. The molecule has 172 valence electrons. The highest BCUT2D eigenvalue weighted by Gasteiger charge is 2.12. The van der Waals surface area contributed by atoms with E-state index in [-0.39, 0.29) is 5.91 Å². The number of carbonyl (C=O) groups is 1. The number of carbonyl (C=O) groups excluding carboxylic acids is 1. The maximum absolute atomic E-state index is 12.6. The third-order valence-corrected chi connectivity index (χ3v) is 6.00. The monoisotopic (exact) mass is 638 g/mol. The van der Waals surface area contributed by atoms with E-state index in [4.69, 9.17) is 14.2 Å². The average molecular weight is 641 g/mol. The number of hydrogen-bond acceptors (Lipinski definition) is 5. The van der Waals surface area contributed by atoms with Crippen LogP contribution < -0.4 is 19.6 Å². The minimum absolute atomic E-state index is 0.374. The normalized spacial score (nSPS) is 10.8. The molecule has 0 aromatic heterocycles. The topological polar surface area (TPSA) is 69.2 Å². The van der Waals surface area contributed by atoms with Gasteiger partial charge in [0.1, 0.15) is 12.4 Å². The van der Waals surface area contributed by atoms with Crippen LogP contribution in [0.5, 0.6) is 17.2 Å². The van der Waals surface area contributed by atoms with Crippen molar-refractivity contribution in [3.05, 3.63) is 84.7 Å². The second kappa shape index (κ2) is 12.2. The molecule has 0 bridgehead atoms. The summed E-state index contributed by atoms with van der Waals surface area (Å²) >= 11 is 10.4. The molecule has 0 aliphatic carbocycles. The Kier molecular flexibility index (Phi) is 9.34. The predicted molar refractivity (Wildman–Crippen MR) is 140 cm³/mol. The van der Waals surface area contributed by atoms with Gasteiger partial charge in [-0.2, -0.15) is 5.10 Å². The Morgan fingerprint density at radius 2 is 1.73 bits per heavy atom. The summed E-state index contributed by atoms with van der Waals surface area (Å²) in [7, 11) is 1.55. The lowest BCUT2D eigenvalue weighted by molar-refractivity contribution is 0.0954. The molecule has 6 nitrogen and oxygen atoms in total. The Labute approximate surface area is 217 Å². The third kappa shape index (κ3) is 7.06. The van der Waals surface area contributed by atoms with Crippen LogP contribution >= 0.6 is 47.8 Å². The molecule has 1 amide bonds. The molecule has 1 N–H and O–H groups in total. The Morgan fingerprint density at radius 1 is 0.970 bits per heavy atom. The van der Waals surface area contributed by atoms with Gasteiger partial charge >= 0.3 is 0 Å². The quantitative estimate of drug-likeness (QED) is 0.208. The fourth-order valence-corrected chi connectivity index (χ4v) is 4.51. The van der Waals surface area contributed by atoms with Crippen molar-refractivity contribution < 1.29 is 19.0 Å². The van der Waals surface area contributed by atoms with Crippen LogP contribution in [-0.4, -0.2) is 25.8 Å². The zero-order valence-corrected chi connectivity index (χ0v) is 22.7. The van der Waals surface area contributed by atoms with E-state index >= 15 is 0 Å². The molecule has 0 spiro atoms. The molecule has 0 saturated carbocycles. The van der Waals surface area contributed by atoms with E-state index in [0.717, 1.165) is 19.0 Å². The molecule has 0 saturated heterocycles. The number of rotatable bonds is 9. The smallest absolute Gasteiger partial charge is 0.271 e. The zero-order chi connectivity index (χ0) is 23.8. The molecule has 0 heterocycles. The zero-order valence-electron chi connectivity index (χ0n) is 17.9. The van der Waals surface area contributed by atoms with E-state index in [1.165, 1.54) is 6.21 Å². The first-order valence-corrected chi connectivity index (χ1v) is 12.3. The van der Waals surface area contributed by atoms with Crippen molar-refractivity contribution in [2.75, 3.05) is 13.7 Å². The van der Waals surface area contributed by atoms with Gasteiger partial charge in [0.05, 0.1) is 24.4 Å². The number of hydrogen-bond donors (Lipinski definition) is 1. The van der Waals surface area contributed by atoms with Crippen molar-refractivity contribution in [1.29, 1.82) is 0 Å². The molecular formula is C24H21Br3N2O4. The first-order chi connectivity index (χ1) is 15.9. The summed E-state index contributed by atoms with van der Waals surface area (Å²) in [6.45, 7) is 2.70. The van der Waals surface area contributed by atoms with Gasteiger partial charge in [-0.1, -0.05) is 44.0 Å². The van der Waals surface area contributed by atoms with Gasteiger partial charge < -0.3 is 14.2 Å². The fraction of sp³-hybridized carbons (Fsp3) is 0.167. The molecule has 0 aliphatic heterocycles. The van der Waals surface area contributed by atoms with Crippen LogP contribution in [0.15, 0.2) is 73.1 Å². The molecule has 0 fully saturated rings. The fourth-order valence-electron chi connectivity index (χ4n) is 2.88. The molecule has 0 atom stereocenters. The lowest BCUT2D eigenvalue weighted by Gasteiger charge is -2.12. The standard InChI is InChI=1S/C24H21Br3N2O4/c1-3-32-22-11-16(6-9-21(22)31-2)24(30)29-28-13-17-10-19(26)12-20(27)23(17)33-14-15-4-7-18(25)8-5-15/h4-13H,3,14H2,1-2H3,(H,29,30)/b28-13+. The van der Waals surface area contributed by atoms with Gasteiger partial charge in [0, 0.05) is 20.1 Å². The van der Waals surface area contributed by atoms with Gasteiger partial charge in [-0.15, -0.1) is 0 Å². The van der Waals surface area contributed by atoms with Gasteiger partial charge in [0.25, 0.3) is 5.91 Å². The summed E-state index contributed by atoms with van der Waals surface area (Å²) in [5, 5.41) is 4.12. The number of halogens is 3. The summed E-state index contributed by atoms with van der Waals surface area (Å²) in [5.41, 5.74) is 4.66.